The first-order chi connectivity index (χ1) is 7.40. The summed E-state index contributed by atoms with van der Waals surface area (Å²) in [4.78, 5) is 20.7. The fourth-order valence-corrected chi connectivity index (χ4v) is 1.72. The Morgan fingerprint density at radius 2 is 1.25 bits per heavy atom. The molecule has 16 heavy (non-hydrogen) atoms. The van der Waals surface area contributed by atoms with Gasteiger partial charge in [-0.2, -0.15) is 0 Å². The van der Waals surface area contributed by atoms with Crippen LogP contribution >= 0.6 is 0 Å². The maximum Gasteiger partial charge on any atom is 0.506 e. The van der Waals surface area contributed by atoms with Gasteiger partial charge in [0.15, 0.2) is 0 Å². The summed E-state index contributed by atoms with van der Waals surface area (Å²) in [7, 11) is 0. The summed E-state index contributed by atoms with van der Waals surface area (Å²) in [6, 6.07) is -1.22. The Bertz CT molecular complexity index is 256. The van der Waals surface area contributed by atoms with Gasteiger partial charge in [-0.3, -0.25) is 0 Å². The van der Waals surface area contributed by atoms with Crippen molar-refractivity contribution in [2.24, 2.45) is 11.5 Å². The second-order valence-corrected chi connectivity index (χ2v) is 3.64. The van der Waals surface area contributed by atoms with Crippen LogP contribution in [0.3, 0.4) is 0 Å². The summed E-state index contributed by atoms with van der Waals surface area (Å²) in [5.74, 6) is 0. The number of carboxylic acid groups (broad SMARTS) is 2. The molecule has 0 saturated heterocycles. The van der Waals surface area contributed by atoms with E-state index in [1.165, 1.54) is 0 Å². The molecule has 0 radical (unpaired) electrons. The van der Waals surface area contributed by atoms with E-state index in [0.717, 1.165) is 0 Å². The quantitative estimate of drug-likeness (QED) is 0.470. The number of hydrogen-bond donors (Lipinski definition) is 4. The van der Waals surface area contributed by atoms with E-state index < -0.39 is 36.6 Å². The zero-order chi connectivity index (χ0) is 12.3. The minimum absolute atomic E-state index is 0.144. The van der Waals surface area contributed by atoms with E-state index in [2.05, 4.69) is 9.47 Å². The molecule has 1 aliphatic rings. The molecular formula is C8H14N2O6. The average molecular weight is 234 g/mol. The molecule has 1 rings (SSSR count). The molecule has 0 amide bonds. The number of carbonyl (C=O) groups is 2. The third-order valence-corrected chi connectivity index (χ3v) is 2.47. The maximum absolute atomic E-state index is 10.3. The van der Waals surface area contributed by atoms with Crippen LogP contribution in [0.4, 0.5) is 9.59 Å². The summed E-state index contributed by atoms with van der Waals surface area (Å²) in [6.07, 6.45) is -4.01. The highest BCUT2D eigenvalue weighted by Gasteiger charge is 2.37. The van der Waals surface area contributed by atoms with Gasteiger partial charge in [-0.05, 0) is 0 Å². The predicted molar refractivity (Wildman–Crippen MR) is 51.0 cm³/mol. The molecule has 0 aromatic carbocycles. The Kier molecular flexibility index (Phi) is 3.91. The van der Waals surface area contributed by atoms with Crippen molar-refractivity contribution in [3.05, 3.63) is 0 Å². The van der Waals surface area contributed by atoms with Crippen molar-refractivity contribution >= 4 is 12.3 Å². The summed E-state index contributed by atoms with van der Waals surface area (Å²) in [6.45, 7) is 0. The molecule has 92 valence electrons. The second-order valence-electron chi connectivity index (χ2n) is 3.64. The van der Waals surface area contributed by atoms with Crippen molar-refractivity contribution in [1.82, 2.24) is 0 Å². The van der Waals surface area contributed by atoms with Gasteiger partial charge < -0.3 is 31.2 Å². The van der Waals surface area contributed by atoms with Crippen LogP contribution in [0.1, 0.15) is 12.8 Å². The summed E-state index contributed by atoms with van der Waals surface area (Å²) in [5.41, 5.74) is 11.3. The fraction of sp³-hybridized carbons (Fsp3) is 0.750. The van der Waals surface area contributed by atoms with Crippen molar-refractivity contribution in [3.8, 4) is 0 Å². The summed E-state index contributed by atoms with van der Waals surface area (Å²) >= 11 is 0. The molecule has 1 fully saturated rings. The highest BCUT2D eigenvalue weighted by atomic mass is 16.7. The van der Waals surface area contributed by atoms with Crippen LogP contribution < -0.4 is 11.5 Å². The summed E-state index contributed by atoms with van der Waals surface area (Å²) < 4.78 is 9.07. The molecule has 4 unspecified atom stereocenters. The number of rotatable bonds is 2. The van der Waals surface area contributed by atoms with E-state index in [1.807, 2.05) is 0 Å². The van der Waals surface area contributed by atoms with Crippen LogP contribution in [-0.4, -0.2) is 46.8 Å². The smallest absolute Gasteiger partial charge is 0.450 e. The standard InChI is InChI=1S/C8H14N2O6/c9-3-1-5(15-7(11)12)4(10)2-6(3)16-8(13)14/h3-6H,1-2,9-10H2,(H,11,12)(H,13,14). The van der Waals surface area contributed by atoms with Crippen LogP contribution in [0.2, 0.25) is 0 Å². The van der Waals surface area contributed by atoms with Crippen molar-refractivity contribution in [2.75, 3.05) is 0 Å². The van der Waals surface area contributed by atoms with Gasteiger partial charge in [0.1, 0.15) is 12.2 Å². The lowest BCUT2D eigenvalue weighted by atomic mass is 9.87. The van der Waals surface area contributed by atoms with Crippen molar-refractivity contribution < 1.29 is 29.3 Å². The highest BCUT2D eigenvalue weighted by molar-refractivity contribution is 5.57. The fourth-order valence-electron chi connectivity index (χ4n) is 1.72. The number of nitrogens with two attached hydrogens (primary N) is 2. The largest absolute Gasteiger partial charge is 0.506 e. The van der Waals surface area contributed by atoms with Crippen LogP contribution in [0.5, 0.6) is 0 Å². The topological polar surface area (TPSA) is 145 Å². The lowest BCUT2D eigenvalue weighted by Gasteiger charge is -2.35. The molecule has 8 heteroatoms. The zero-order valence-electron chi connectivity index (χ0n) is 8.41. The third kappa shape index (κ3) is 3.24. The molecule has 0 aromatic rings. The zero-order valence-corrected chi connectivity index (χ0v) is 8.41. The lowest BCUT2D eigenvalue weighted by molar-refractivity contribution is -0.0276. The van der Waals surface area contributed by atoms with E-state index in [9.17, 15) is 9.59 Å². The van der Waals surface area contributed by atoms with Gasteiger partial charge in [-0.15, -0.1) is 0 Å². The minimum Gasteiger partial charge on any atom is -0.450 e. The first kappa shape index (κ1) is 12.5. The van der Waals surface area contributed by atoms with Gasteiger partial charge in [0.2, 0.25) is 0 Å². The molecule has 1 aliphatic carbocycles. The Morgan fingerprint density at radius 3 is 1.50 bits per heavy atom. The third-order valence-electron chi connectivity index (χ3n) is 2.47. The monoisotopic (exact) mass is 234 g/mol. The normalized spacial score (nSPS) is 34.1. The molecular weight excluding hydrogens is 220 g/mol. The van der Waals surface area contributed by atoms with Crippen molar-refractivity contribution in [3.63, 3.8) is 0 Å². The van der Waals surface area contributed by atoms with Crippen LogP contribution in [0.25, 0.3) is 0 Å². The molecule has 0 aliphatic heterocycles. The van der Waals surface area contributed by atoms with Crippen LogP contribution in [0.15, 0.2) is 0 Å². The van der Waals surface area contributed by atoms with Gasteiger partial charge in [-0.1, -0.05) is 0 Å². The molecule has 0 heterocycles. The molecule has 0 bridgehead atoms. The number of ether oxygens (including phenoxy) is 2. The van der Waals surface area contributed by atoms with Crippen molar-refractivity contribution in [1.29, 1.82) is 0 Å². The van der Waals surface area contributed by atoms with Gasteiger partial charge >= 0.3 is 12.3 Å². The SMILES string of the molecule is NC1CC(OC(=O)O)C(N)CC1OC(=O)O. The Balaban J connectivity index is 2.55. The average Bonchev–Trinajstić information content (AvgIpc) is 2.11. The van der Waals surface area contributed by atoms with Crippen molar-refractivity contribution in [2.45, 2.75) is 37.1 Å². The van der Waals surface area contributed by atoms with E-state index >= 15 is 0 Å². The molecule has 0 aromatic heterocycles. The van der Waals surface area contributed by atoms with E-state index in [-0.39, 0.29) is 12.8 Å². The van der Waals surface area contributed by atoms with Gasteiger partial charge in [0.25, 0.3) is 0 Å². The first-order valence-electron chi connectivity index (χ1n) is 4.70. The first-order valence-corrected chi connectivity index (χ1v) is 4.70. The number of hydrogen-bond acceptors (Lipinski definition) is 6. The summed E-state index contributed by atoms with van der Waals surface area (Å²) in [5, 5.41) is 16.9. The van der Waals surface area contributed by atoms with E-state index in [4.69, 9.17) is 21.7 Å². The second kappa shape index (κ2) is 4.99. The molecule has 1 saturated carbocycles. The van der Waals surface area contributed by atoms with E-state index in [0.29, 0.717) is 0 Å². The highest BCUT2D eigenvalue weighted by Crippen LogP contribution is 2.22. The molecule has 8 nitrogen and oxygen atoms in total. The van der Waals surface area contributed by atoms with Gasteiger partial charge in [0.05, 0.1) is 0 Å². The Morgan fingerprint density at radius 1 is 0.938 bits per heavy atom. The molecule has 0 spiro atoms. The van der Waals surface area contributed by atoms with Crippen LogP contribution in [0, 0.1) is 0 Å². The minimum atomic E-state index is -1.43. The van der Waals surface area contributed by atoms with Gasteiger partial charge in [0, 0.05) is 24.9 Å². The van der Waals surface area contributed by atoms with E-state index in [1.54, 1.807) is 0 Å². The predicted octanol–water partition coefficient (Wildman–Crippen LogP) is -0.439. The molecule has 6 N–H and O–H groups in total. The Hall–Kier alpha value is -1.54. The Labute approximate surface area is 91.1 Å². The molecule has 4 atom stereocenters. The van der Waals surface area contributed by atoms with Gasteiger partial charge in [-0.25, -0.2) is 9.59 Å². The lowest BCUT2D eigenvalue weighted by Crippen LogP contribution is -2.54. The maximum atomic E-state index is 10.3. The van der Waals surface area contributed by atoms with Crippen LogP contribution in [-0.2, 0) is 9.47 Å².